The summed E-state index contributed by atoms with van der Waals surface area (Å²) in [5.74, 6) is 0.359. The van der Waals surface area contributed by atoms with Crippen LogP contribution in [0, 0.1) is 0 Å². The van der Waals surface area contributed by atoms with Crippen molar-refractivity contribution in [2.24, 2.45) is 0 Å². The van der Waals surface area contributed by atoms with E-state index >= 15 is 0 Å². The smallest absolute Gasteiger partial charge is 0.337 e. The van der Waals surface area contributed by atoms with Crippen LogP contribution in [0.5, 0.6) is 0 Å². The summed E-state index contributed by atoms with van der Waals surface area (Å²) in [5, 5.41) is 13.0. The van der Waals surface area contributed by atoms with Crippen molar-refractivity contribution in [3.8, 4) is 0 Å². The molecule has 1 saturated heterocycles. The van der Waals surface area contributed by atoms with Gasteiger partial charge in [-0.25, -0.2) is 14.8 Å². The monoisotopic (exact) mass is 396 g/mol. The van der Waals surface area contributed by atoms with E-state index in [4.69, 9.17) is 4.74 Å². The lowest BCUT2D eigenvalue weighted by Gasteiger charge is -2.29. The average Bonchev–Trinajstić information content (AvgIpc) is 3.47. The Balaban J connectivity index is 1.47. The molecule has 1 saturated carbocycles. The molecule has 0 spiro atoms. The van der Waals surface area contributed by atoms with E-state index in [0.717, 1.165) is 24.3 Å². The van der Waals surface area contributed by atoms with Gasteiger partial charge in [-0.3, -0.25) is 5.32 Å². The molecule has 3 aromatic rings. The van der Waals surface area contributed by atoms with Gasteiger partial charge in [-0.1, -0.05) is 12.8 Å². The number of imidazole rings is 2. The molecule has 0 bridgehead atoms. The number of benzene rings is 1. The van der Waals surface area contributed by atoms with E-state index in [1.165, 1.54) is 12.8 Å². The number of hydrogen-bond acceptors (Lipinski definition) is 6. The standard InChI is InChI=1S/C20H24N6O3/c27-18(28)14-11-15-16(12-17(14)25-7-9-29-10-8-25)23-19(22-15)24-20-21-5-6-26(20)13-3-1-2-4-13/h5-6,11-13H,1-4,7-10H2,(H,27,28)(H2,21,22,23,24). The van der Waals surface area contributed by atoms with Crippen LogP contribution in [0.15, 0.2) is 24.5 Å². The molecule has 0 unspecified atom stereocenters. The van der Waals surface area contributed by atoms with Gasteiger partial charge in [0.25, 0.3) is 0 Å². The van der Waals surface area contributed by atoms with Crippen molar-refractivity contribution in [2.75, 3.05) is 36.5 Å². The zero-order valence-corrected chi connectivity index (χ0v) is 16.1. The van der Waals surface area contributed by atoms with Gasteiger partial charge < -0.3 is 24.3 Å². The van der Waals surface area contributed by atoms with Gasteiger partial charge in [0.15, 0.2) is 0 Å². The lowest BCUT2D eigenvalue weighted by molar-refractivity contribution is 0.0696. The minimum atomic E-state index is -0.950. The predicted octanol–water partition coefficient (Wildman–Crippen LogP) is 3.15. The van der Waals surface area contributed by atoms with E-state index < -0.39 is 5.97 Å². The maximum Gasteiger partial charge on any atom is 0.337 e. The minimum absolute atomic E-state index is 0.266. The summed E-state index contributed by atoms with van der Waals surface area (Å²) in [7, 11) is 0. The number of rotatable bonds is 5. The van der Waals surface area contributed by atoms with Gasteiger partial charge in [-0.05, 0) is 25.0 Å². The number of carboxylic acids is 1. The van der Waals surface area contributed by atoms with Crippen LogP contribution in [0.1, 0.15) is 42.1 Å². The van der Waals surface area contributed by atoms with Crippen molar-refractivity contribution < 1.29 is 14.6 Å². The molecule has 1 aliphatic carbocycles. The van der Waals surface area contributed by atoms with Gasteiger partial charge in [0.2, 0.25) is 11.9 Å². The lowest BCUT2D eigenvalue weighted by atomic mass is 10.1. The van der Waals surface area contributed by atoms with Crippen molar-refractivity contribution in [1.29, 1.82) is 0 Å². The first kappa shape index (κ1) is 18.0. The van der Waals surface area contributed by atoms with Crippen LogP contribution in [0.3, 0.4) is 0 Å². The van der Waals surface area contributed by atoms with Crippen molar-refractivity contribution >= 4 is 34.6 Å². The Morgan fingerprint density at radius 2 is 2.03 bits per heavy atom. The second kappa shape index (κ2) is 7.40. The Labute approximate surface area is 167 Å². The van der Waals surface area contributed by atoms with Gasteiger partial charge in [0, 0.05) is 31.5 Å². The summed E-state index contributed by atoms with van der Waals surface area (Å²) >= 11 is 0. The van der Waals surface area contributed by atoms with Gasteiger partial charge in [-0.15, -0.1) is 0 Å². The molecule has 2 fully saturated rings. The summed E-state index contributed by atoms with van der Waals surface area (Å²) in [6, 6.07) is 3.97. The molecule has 0 amide bonds. The SMILES string of the molecule is O=C(O)c1cc2[nH]c(Nc3nccn3C3CCCC3)nc2cc1N1CCOCC1. The second-order valence-electron chi connectivity index (χ2n) is 7.60. The molecule has 9 heteroatoms. The topological polar surface area (TPSA) is 108 Å². The molecule has 0 radical (unpaired) electrons. The Bertz CT molecular complexity index is 1030. The summed E-state index contributed by atoms with van der Waals surface area (Å²) in [6.45, 7) is 2.52. The molecule has 9 nitrogen and oxygen atoms in total. The molecule has 1 aromatic carbocycles. The van der Waals surface area contributed by atoms with E-state index in [1.807, 2.05) is 17.2 Å². The van der Waals surface area contributed by atoms with Crippen molar-refractivity contribution in [3.63, 3.8) is 0 Å². The van der Waals surface area contributed by atoms with Crippen molar-refractivity contribution in [3.05, 3.63) is 30.1 Å². The van der Waals surface area contributed by atoms with Crippen LogP contribution in [0.2, 0.25) is 0 Å². The number of aromatic carboxylic acids is 1. The Kier molecular flexibility index (Phi) is 4.59. The fourth-order valence-corrected chi connectivity index (χ4v) is 4.34. The predicted molar refractivity (Wildman–Crippen MR) is 109 cm³/mol. The molecule has 2 aliphatic rings. The third kappa shape index (κ3) is 3.42. The van der Waals surface area contributed by atoms with Gasteiger partial charge in [0.1, 0.15) is 0 Å². The maximum atomic E-state index is 11.8. The van der Waals surface area contributed by atoms with Crippen LogP contribution in [-0.2, 0) is 4.74 Å². The highest BCUT2D eigenvalue weighted by Crippen LogP contribution is 2.33. The second-order valence-corrected chi connectivity index (χ2v) is 7.60. The number of carboxylic acid groups (broad SMARTS) is 1. The zero-order valence-electron chi connectivity index (χ0n) is 16.1. The summed E-state index contributed by atoms with van der Waals surface area (Å²) in [4.78, 5) is 26.2. The van der Waals surface area contributed by atoms with E-state index in [-0.39, 0.29) is 5.56 Å². The average molecular weight is 396 g/mol. The Morgan fingerprint density at radius 1 is 1.24 bits per heavy atom. The van der Waals surface area contributed by atoms with Crippen LogP contribution >= 0.6 is 0 Å². The molecule has 152 valence electrons. The quantitative estimate of drug-likeness (QED) is 0.608. The third-order valence-corrected chi connectivity index (χ3v) is 5.80. The molecule has 0 atom stereocenters. The molecule has 3 heterocycles. The normalized spacial score (nSPS) is 17.9. The maximum absolute atomic E-state index is 11.8. The lowest BCUT2D eigenvalue weighted by Crippen LogP contribution is -2.37. The zero-order chi connectivity index (χ0) is 19.8. The summed E-state index contributed by atoms with van der Waals surface area (Å²) in [5.41, 5.74) is 2.35. The molecular formula is C20H24N6O3. The number of H-pyrrole nitrogens is 1. The number of anilines is 3. The first-order valence-corrected chi connectivity index (χ1v) is 10.1. The fraction of sp³-hybridized carbons (Fsp3) is 0.450. The number of carbonyl (C=O) groups is 1. The van der Waals surface area contributed by atoms with Gasteiger partial charge in [-0.2, -0.15) is 0 Å². The number of nitrogens with one attached hydrogen (secondary N) is 2. The number of morpholine rings is 1. The molecule has 29 heavy (non-hydrogen) atoms. The first-order chi connectivity index (χ1) is 14.2. The first-order valence-electron chi connectivity index (χ1n) is 10.1. The summed E-state index contributed by atoms with van der Waals surface area (Å²) < 4.78 is 7.56. The number of hydrogen-bond donors (Lipinski definition) is 3. The van der Waals surface area contributed by atoms with Crippen LogP contribution < -0.4 is 10.2 Å². The van der Waals surface area contributed by atoms with E-state index in [9.17, 15) is 9.90 Å². The van der Waals surface area contributed by atoms with Crippen LogP contribution in [-0.4, -0.2) is 56.9 Å². The van der Waals surface area contributed by atoms with Crippen LogP contribution in [0.4, 0.5) is 17.6 Å². The van der Waals surface area contributed by atoms with E-state index in [0.29, 0.717) is 49.5 Å². The number of aromatic amines is 1. The van der Waals surface area contributed by atoms with E-state index in [2.05, 4.69) is 24.8 Å². The number of aromatic nitrogens is 4. The minimum Gasteiger partial charge on any atom is -0.478 e. The van der Waals surface area contributed by atoms with Crippen LogP contribution in [0.25, 0.3) is 11.0 Å². The number of ether oxygens (including phenoxy) is 1. The largest absolute Gasteiger partial charge is 0.478 e. The third-order valence-electron chi connectivity index (χ3n) is 5.80. The molecule has 2 aromatic heterocycles. The number of nitrogens with zero attached hydrogens (tertiary/aromatic N) is 4. The highest BCUT2D eigenvalue weighted by atomic mass is 16.5. The number of fused-ring (bicyclic) bond motifs is 1. The van der Waals surface area contributed by atoms with Crippen molar-refractivity contribution in [1.82, 2.24) is 19.5 Å². The van der Waals surface area contributed by atoms with Gasteiger partial charge >= 0.3 is 5.97 Å². The Morgan fingerprint density at radius 3 is 2.79 bits per heavy atom. The highest BCUT2D eigenvalue weighted by molar-refractivity contribution is 6.00. The fourth-order valence-electron chi connectivity index (χ4n) is 4.34. The molecular weight excluding hydrogens is 372 g/mol. The highest BCUT2D eigenvalue weighted by Gasteiger charge is 2.22. The Hall–Kier alpha value is -3.07. The molecule has 3 N–H and O–H groups in total. The summed E-state index contributed by atoms with van der Waals surface area (Å²) in [6.07, 6.45) is 8.61. The van der Waals surface area contributed by atoms with Gasteiger partial charge in [0.05, 0.1) is 35.5 Å². The molecule has 1 aliphatic heterocycles. The molecule has 5 rings (SSSR count). The van der Waals surface area contributed by atoms with Crippen molar-refractivity contribution in [2.45, 2.75) is 31.7 Å². The van der Waals surface area contributed by atoms with E-state index in [1.54, 1.807) is 12.3 Å².